The predicted molar refractivity (Wildman–Crippen MR) is 426 cm³/mol. The summed E-state index contributed by atoms with van der Waals surface area (Å²) < 4.78 is 61.6. The lowest BCUT2D eigenvalue weighted by Crippen LogP contribution is -2.41. The van der Waals surface area contributed by atoms with E-state index in [0.29, 0.717) is 107 Å². The third-order valence-corrected chi connectivity index (χ3v) is 23.3. The van der Waals surface area contributed by atoms with Gasteiger partial charge in [0.25, 0.3) is 0 Å². The average molecular weight is 1630 g/mol. The highest BCUT2D eigenvalue weighted by Gasteiger charge is 2.41. The minimum atomic E-state index is -1.23. The van der Waals surface area contributed by atoms with Crippen molar-refractivity contribution in [3.05, 3.63) is 0 Å². The summed E-state index contributed by atoms with van der Waals surface area (Å²) in [6.07, 6.45) is 10.9. The fourth-order valence-electron chi connectivity index (χ4n) is 15.9. The average Bonchev–Trinajstić information content (AvgIpc) is 0.862. The number of hydrogen-bond acceptors (Lipinski definition) is 28. The highest BCUT2D eigenvalue weighted by Crippen LogP contribution is 2.41. The van der Waals surface area contributed by atoms with E-state index < -0.39 is 106 Å². The largest absolute Gasteiger partial charge is 0.508 e. The Bertz CT molecular complexity index is 2520. The third kappa shape index (κ3) is 43.0. The highest BCUT2D eigenvalue weighted by molar-refractivity contribution is 5.62. The Labute approximate surface area is 677 Å². The van der Waals surface area contributed by atoms with Crippen LogP contribution in [0.15, 0.2) is 0 Å². The molecule has 0 bridgehead atoms. The fraction of sp³-hybridized carbons (Fsp3) is 0.929. The molecule has 0 amide bonds. The van der Waals surface area contributed by atoms with E-state index in [0.717, 1.165) is 89.9 Å². The smallest absolute Gasteiger partial charge is 0.433 e. The van der Waals surface area contributed by atoms with E-state index in [-0.39, 0.29) is 76.3 Å². The van der Waals surface area contributed by atoms with Gasteiger partial charge in [0.1, 0.15) is 75.3 Å². The maximum Gasteiger partial charge on any atom is 0.508 e. The number of rotatable bonds is 29. The van der Waals surface area contributed by atoms with Crippen LogP contribution in [0.2, 0.25) is 0 Å². The Morgan fingerprint density at radius 3 is 0.814 bits per heavy atom. The van der Waals surface area contributed by atoms with E-state index in [4.69, 9.17) is 92.6 Å². The zero-order valence-electron chi connectivity index (χ0n) is 72.7. The number of hydrogen-bond donors (Lipinski definition) is 10. The van der Waals surface area contributed by atoms with Crippen LogP contribution in [0.5, 0.6) is 0 Å². The van der Waals surface area contributed by atoms with Crippen LogP contribution in [0.25, 0.3) is 0 Å². The summed E-state index contributed by atoms with van der Waals surface area (Å²) in [6, 6.07) is 0. The molecular weight excluding hydrogens is 1470 g/mol. The summed E-state index contributed by atoms with van der Waals surface area (Å²) >= 11 is 0. The van der Waals surface area contributed by atoms with Crippen molar-refractivity contribution in [2.24, 2.45) is 112 Å². The summed E-state index contributed by atoms with van der Waals surface area (Å²) in [7, 11) is 0. The Balaban J connectivity index is 0.000000679. The van der Waals surface area contributed by atoms with Gasteiger partial charge in [0.2, 0.25) is 0 Å². The molecule has 0 aliphatic heterocycles. The first-order valence-electron chi connectivity index (χ1n) is 42.5. The molecule has 0 heterocycles. The van der Waals surface area contributed by atoms with Gasteiger partial charge in [-0.3, -0.25) is 0 Å². The van der Waals surface area contributed by atoms with Gasteiger partial charge in [-0.25, -0.2) is 28.8 Å². The van der Waals surface area contributed by atoms with E-state index in [2.05, 4.69) is 125 Å². The Morgan fingerprint density at radius 1 is 0.319 bits per heavy atom. The Kier molecular flexibility index (Phi) is 53.9. The van der Waals surface area contributed by atoms with E-state index in [1.54, 1.807) is 13.8 Å². The first kappa shape index (κ1) is 106. The van der Waals surface area contributed by atoms with Crippen molar-refractivity contribution in [3.63, 3.8) is 0 Å². The molecule has 0 spiro atoms. The van der Waals surface area contributed by atoms with E-state index in [9.17, 15) is 44.1 Å². The Morgan fingerprint density at radius 2 is 0.575 bits per heavy atom. The lowest BCUT2D eigenvalue weighted by Gasteiger charge is -2.36. The minimum Gasteiger partial charge on any atom is -0.433 e. The topological polar surface area (TPSA) is 415 Å². The van der Waals surface area contributed by atoms with Crippen LogP contribution in [0.1, 0.15) is 254 Å². The molecule has 0 aromatic heterocycles. The molecular formula is C85H158O28. The number of aliphatic hydroxyl groups is 10. The van der Waals surface area contributed by atoms with Crippen molar-refractivity contribution in [2.45, 2.75) is 315 Å². The van der Waals surface area contributed by atoms with Gasteiger partial charge in [0, 0.05) is 0 Å². The van der Waals surface area contributed by atoms with Gasteiger partial charge in [-0.1, -0.05) is 163 Å². The molecule has 6 aliphatic carbocycles. The molecule has 21 atom stereocenters. The Hall–Kier alpha value is -4.78. The number of ether oxygens (including phenoxy) is 12. The highest BCUT2D eigenvalue weighted by atomic mass is 16.8. The molecule has 0 aromatic rings. The molecule has 113 heavy (non-hydrogen) atoms. The molecule has 666 valence electrons. The molecule has 21 unspecified atom stereocenters. The summed E-state index contributed by atoms with van der Waals surface area (Å²) in [4.78, 5) is 69.6. The van der Waals surface area contributed by atoms with Crippen molar-refractivity contribution in [2.75, 3.05) is 79.3 Å². The second-order valence-corrected chi connectivity index (χ2v) is 35.8. The standard InChI is InChI=1S/C16H30O6.2C14H26O5.2C14H26O4.C13H24O4/c1-11(2)13-5-4-12(3)6-14(13)22-15(20)21-10-16(7-17,8-18)9-19;1-9(2)12-5-4-10(3)6-13(12)19-14(17)18-8-11(16)7-15;1-9(2)12-5-4-10(3)6-13(12)19-14(17)18-11(7-15)8-16;1-9(2)12-6-5-10(3)7-13(12)18-14(16)17-8-11(4)15;1-9(2)12-6-5-10(3)7-13(12)18-14(16)17-11(4)8-15;1-9(2)11-5-4-10(3)8-12(11)17-13(15)16-7-6-14/h11-14,17-19H,4-10H2,1-3H3;2*9-13,15-16H,4-8H2,1-3H3;2*9-13,15H,5-8H2,1-4H3;9-12,14H,4-8H2,1-3H3. The molecule has 6 fully saturated rings. The summed E-state index contributed by atoms with van der Waals surface area (Å²) in [6.45, 7) is 38.5. The van der Waals surface area contributed by atoms with E-state index >= 15 is 0 Å². The fourth-order valence-corrected chi connectivity index (χ4v) is 15.9. The van der Waals surface area contributed by atoms with Gasteiger partial charge in [0.05, 0.1) is 64.4 Å². The lowest BCUT2D eigenvalue weighted by molar-refractivity contribution is -0.0722. The maximum absolute atomic E-state index is 11.9. The van der Waals surface area contributed by atoms with Crippen molar-refractivity contribution >= 4 is 36.9 Å². The van der Waals surface area contributed by atoms with Crippen LogP contribution >= 0.6 is 0 Å². The first-order chi connectivity index (χ1) is 53.1. The third-order valence-electron chi connectivity index (χ3n) is 23.3. The summed E-state index contributed by atoms with van der Waals surface area (Å²) in [5, 5.41) is 89.6. The van der Waals surface area contributed by atoms with Gasteiger partial charge < -0.3 is 108 Å². The van der Waals surface area contributed by atoms with E-state index in [1.807, 2.05) is 0 Å². The number of carbonyl (C=O) groups is 6. The first-order valence-corrected chi connectivity index (χ1v) is 42.5. The van der Waals surface area contributed by atoms with Crippen LogP contribution in [-0.4, -0.2) is 228 Å². The van der Waals surface area contributed by atoms with Crippen molar-refractivity contribution in [1.82, 2.24) is 0 Å². The SMILES string of the molecule is CC(O)COC(=O)OC1CC(C)CCC1C(C)C.CC1CCC(C(C)C)C(OC(=O)OC(C)CO)C1.CC1CCC(C(C)C)C(OC(=O)OC(CO)CO)C1.CC1CCC(C(C)C)C(OC(=O)OCC(CO)(CO)CO)C1.CC1CCC(C(C)C)C(OC(=O)OCC(O)CO)C1.CC1CCC(C(C)C)C(OC(=O)OCCO)C1. The molecule has 6 rings (SSSR count). The van der Waals surface area contributed by atoms with Gasteiger partial charge in [-0.2, -0.15) is 0 Å². The molecule has 0 aromatic carbocycles. The predicted octanol–water partition coefficient (Wildman–Crippen LogP) is 14.0. The minimum absolute atomic E-state index is 0.00650. The lowest BCUT2D eigenvalue weighted by atomic mass is 9.75. The van der Waals surface area contributed by atoms with Crippen LogP contribution in [-0.2, 0) is 56.8 Å². The second kappa shape index (κ2) is 57.4. The summed E-state index contributed by atoms with van der Waals surface area (Å²) in [5.74, 6) is 8.56. The molecule has 0 radical (unpaired) electrons. The van der Waals surface area contributed by atoms with Gasteiger partial charge >= 0.3 is 36.9 Å². The number of carbonyl (C=O) groups excluding carboxylic acids is 6. The second-order valence-electron chi connectivity index (χ2n) is 35.8. The monoisotopic (exact) mass is 1630 g/mol. The van der Waals surface area contributed by atoms with Gasteiger partial charge in [-0.15, -0.1) is 0 Å². The van der Waals surface area contributed by atoms with Gasteiger partial charge in [0.15, 0.2) is 6.10 Å². The van der Waals surface area contributed by atoms with Crippen LogP contribution < -0.4 is 0 Å². The quantitative estimate of drug-likeness (QED) is 0.0246. The summed E-state index contributed by atoms with van der Waals surface area (Å²) in [5.41, 5.74) is -1.23. The number of aliphatic hydroxyl groups excluding tert-OH is 10. The van der Waals surface area contributed by atoms with Gasteiger partial charge in [-0.05, 0) is 197 Å². The maximum atomic E-state index is 11.9. The normalized spacial score (nSPS) is 28.5. The van der Waals surface area contributed by atoms with Crippen LogP contribution in [0.3, 0.4) is 0 Å². The molecule has 28 nitrogen and oxygen atoms in total. The van der Waals surface area contributed by atoms with Crippen molar-refractivity contribution < 1.29 is 137 Å². The van der Waals surface area contributed by atoms with Crippen LogP contribution in [0, 0.1) is 112 Å². The zero-order valence-corrected chi connectivity index (χ0v) is 72.7. The molecule has 6 saturated carbocycles. The molecule has 0 saturated heterocycles. The molecule has 28 heteroatoms. The zero-order chi connectivity index (χ0) is 85.8. The van der Waals surface area contributed by atoms with Crippen LogP contribution in [0.4, 0.5) is 28.8 Å². The van der Waals surface area contributed by atoms with Crippen molar-refractivity contribution in [3.8, 4) is 0 Å². The molecule has 6 aliphatic rings. The molecule has 10 N–H and O–H groups in total. The van der Waals surface area contributed by atoms with E-state index in [1.165, 1.54) is 25.7 Å². The van der Waals surface area contributed by atoms with Crippen molar-refractivity contribution in [1.29, 1.82) is 0 Å².